The van der Waals surface area contributed by atoms with Crippen LogP contribution in [-0.4, -0.2) is 17.1 Å². The summed E-state index contributed by atoms with van der Waals surface area (Å²) < 4.78 is 0. The summed E-state index contributed by atoms with van der Waals surface area (Å²) in [6.45, 7) is 0. The largest absolute Gasteiger partial charge is 0.480 e. The van der Waals surface area contributed by atoms with Gasteiger partial charge in [-0.25, -0.2) is 0 Å². The van der Waals surface area contributed by atoms with Crippen LogP contribution in [0.4, 0.5) is 0 Å². The Bertz CT molecular complexity index is 426. The molecule has 78 valence electrons. The van der Waals surface area contributed by atoms with E-state index in [0.717, 1.165) is 0 Å². The number of halogens is 1. The van der Waals surface area contributed by atoms with Crippen molar-refractivity contribution in [3.8, 4) is 6.07 Å². The number of rotatable bonds is 3. The van der Waals surface area contributed by atoms with Crippen molar-refractivity contribution in [3.05, 3.63) is 34.3 Å². The summed E-state index contributed by atoms with van der Waals surface area (Å²) >= 11 is 5.86. The van der Waals surface area contributed by atoms with E-state index in [0.29, 0.717) is 16.1 Å². The van der Waals surface area contributed by atoms with Crippen molar-refractivity contribution in [2.24, 2.45) is 5.73 Å². The molecule has 1 aromatic rings. The van der Waals surface area contributed by atoms with Crippen LogP contribution in [-0.2, 0) is 11.2 Å². The summed E-state index contributed by atoms with van der Waals surface area (Å²) in [6.07, 6.45) is 0.153. The zero-order chi connectivity index (χ0) is 11.4. The van der Waals surface area contributed by atoms with E-state index < -0.39 is 12.0 Å². The van der Waals surface area contributed by atoms with E-state index >= 15 is 0 Å². The second kappa shape index (κ2) is 4.78. The number of carboxylic acid groups (broad SMARTS) is 1. The third-order valence-electron chi connectivity index (χ3n) is 1.94. The highest BCUT2D eigenvalue weighted by molar-refractivity contribution is 6.31. The maximum Gasteiger partial charge on any atom is 0.320 e. The van der Waals surface area contributed by atoms with E-state index in [2.05, 4.69) is 0 Å². The Kier molecular flexibility index (Phi) is 3.67. The van der Waals surface area contributed by atoms with Gasteiger partial charge in [0.25, 0.3) is 0 Å². The molecule has 1 aromatic carbocycles. The van der Waals surface area contributed by atoms with Crippen LogP contribution in [0.5, 0.6) is 0 Å². The molecule has 0 aliphatic rings. The van der Waals surface area contributed by atoms with E-state index in [1.54, 1.807) is 12.1 Å². The topological polar surface area (TPSA) is 87.1 Å². The second-order valence-corrected chi connectivity index (χ2v) is 3.47. The fraction of sp³-hybridized carbons (Fsp3) is 0.200. The standard InChI is InChI=1S/C10H9ClN2O2/c11-8-3-6(5-12)1-2-7(8)4-9(13)10(14)15/h1-3,9H,4,13H2,(H,14,15). The first-order valence-corrected chi connectivity index (χ1v) is 4.59. The highest BCUT2D eigenvalue weighted by Crippen LogP contribution is 2.18. The Hall–Kier alpha value is -1.57. The summed E-state index contributed by atoms with van der Waals surface area (Å²) in [4.78, 5) is 10.5. The lowest BCUT2D eigenvalue weighted by Gasteiger charge is -2.07. The molecule has 1 atom stereocenters. The average Bonchev–Trinajstić information content (AvgIpc) is 2.20. The monoisotopic (exact) mass is 224 g/mol. The average molecular weight is 225 g/mol. The van der Waals surface area contributed by atoms with Crippen molar-refractivity contribution in [1.29, 1.82) is 5.26 Å². The molecule has 0 spiro atoms. The van der Waals surface area contributed by atoms with E-state index in [9.17, 15) is 4.79 Å². The lowest BCUT2D eigenvalue weighted by atomic mass is 10.1. The first-order chi connectivity index (χ1) is 7.04. The number of nitrogens with zero attached hydrogens (tertiary/aromatic N) is 1. The van der Waals surface area contributed by atoms with Gasteiger partial charge in [-0.1, -0.05) is 17.7 Å². The molecule has 0 aliphatic carbocycles. The third kappa shape index (κ3) is 2.94. The second-order valence-electron chi connectivity index (χ2n) is 3.07. The number of carboxylic acids is 1. The lowest BCUT2D eigenvalue weighted by Crippen LogP contribution is -2.32. The van der Waals surface area contributed by atoms with Gasteiger partial charge in [-0.3, -0.25) is 4.79 Å². The molecule has 0 radical (unpaired) electrons. The molecule has 1 unspecified atom stereocenters. The Balaban J connectivity index is 2.88. The van der Waals surface area contributed by atoms with Crippen molar-refractivity contribution in [3.63, 3.8) is 0 Å². The minimum Gasteiger partial charge on any atom is -0.480 e. The Morgan fingerprint density at radius 1 is 1.67 bits per heavy atom. The zero-order valence-electron chi connectivity index (χ0n) is 7.77. The van der Waals surface area contributed by atoms with Crippen molar-refractivity contribution in [2.75, 3.05) is 0 Å². The molecule has 0 saturated heterocycles. The summed E-state index contributed by atoms with van der Waals surface area (Å²) in [5.74, 6) is -1.07. The summed E-state index contributed by atoms with van der Waals surface area (Å²) in [7, 11) is 0. The minimum absolute atomic E-state index is 0.153. The van der Waals surface area contributed by atoms with Crippen LogP contribution in [0.2, 0.25) is 5.02 Å². The molecular formula is C10H9ClN2O2. The molecule has 0 bridgehead atoms. The van der Waals surface area contributed by atoms with Gasteiger partial charge < -0.3 is 10.8 Å². The van der Waals surface area contributed by atoms with Gasteiger partial charge in [0, 0.05) is 5.02 Å². The van der Waals surface area contributed by atoms with E-state index in [-0.39, 0.29) is 6.42 Å². The highest BCUT2D eigenvalue weighted by Gasteiger charge is 2.14. The highest BCUT2D eigenvalue weighted by atomic mass is 35.5. The summed E-state index contributed by atoms with van der Waals surface area (Å²) in [5, 5.41) is 17.6. The van der Waals surface area contributed by atoms with Crippen molar-refractivity contribution in [2.45, 2.75) is 12.5 Å². The molecule has 15 heavy (non-hydrogen) atoms. The fourth-order valence-corrected chi connectivity index (χ4v) is 1.36. The summed E-state index contributed by atoms with van der Waals surface area (Å²) in [5.41, 5.74) is 6.43. The first-order valence-electron chi connectivity index (χ1n) is 4.21. The molecule has 0 saturated carbocycles. The normalized spacial score (nSPS) is 11.8. The third-order valence-corrected chi connectivity index (χ3v) is 2.29. The van der Waals surface area contributed by atoms with E-state index in [4.69, 9.17) is 27.7 Å². The molecule has 4 nitrogen and oxygen atoms in total. The first kappa shape index (κ1) is 11.5. The van der Waals surface area contributed by atoms with Crippen LogP contribution in [0.1, 0.15) is 11.1 Å². The van der Waals surface area contributed by atoms with Crippen LogP contribution < -0.4 is 5.73 Å². The van der Waals surface area contributed by atoms with Gasteiger partial charge in [0.15, 0.2) is 0 Å². The Morgan fingerprint density at radius 2 is 2.33 bits per heavy atom. The molecule has 5 heteroatoms. The Labute approximate surface area is 91.9 Å². The van der Waals surface area contributed by atoms with Crippen molar-refractivity contribution < 1.29 is 9.90 Å². The van der Waals surface area contributed by atoms with Crippen molar-refractivity contribution >= 4 is 17.6 Å². The van der Waals surface area contributed by atoms with Crippen LogP contribution in [0, 0.1) is 11.3 Å². The minimum atomic E-state index is -1.07. The number of aliphatic carboxylic acids is 1. The molecule has 0 aromatic heterocycles. The van der Waals surface area contributed by atoms with Crippen LogP contribution in [0.3, 0.4) is 0 Å². The predicted molar refractivity (Wildman–Crippen MR) is 55.5 cm³/mol. The quantitative estimate of drug-likeness (QED) is 0.807. The number of carbonyl (C=O) groups is 1. The number of hydrogen-bond donors (Lipinski definition) is 2. The Morgan fingerprint density at radius 3 is 2.80 bits per heavy atom. The maximum atomic E-state index is 10.5. The molecule has 0 aliphatic heterocycles. The number of nitrogens with two attached hydrogens (primary N) is 1. The number of nitriles is 1. The van der Waals surface area contributed by atoms with Crippen LogP contribution >= 0.6 is 11.6 Å². The number of hydrogen-bond acceptors (Lipinski definition) is 3. The molecule has 0 amide bonds. The van der Waals surface area contributed by atoms with Crippen molar-refractivity contribution in [1.82, 2.24) is 0 Å². The lowest BCUT2D eigenvalue weighted by molar-refractivity contribution is -0.138. The van der Waals surface area contributed by atoms with Crippen LogP contribution in [0.15, 0.2) is 18.2 Å². The number of benzene rings is 1. The molecule has 3 N–H and O–H groups in total. The van der Waals surface area contributed by atoms with E-state index in [1.807, 2.05) is 6.07 Å². The maximum absolute atomic E-state index is 10.5. The van der Waals surface area contributed by atoms with Gasteiger partial charge in [0.2, 0.25) is 0 Å². The molecule has 0 fully saturated rings. The molecular weight excluding hydrogens is 216 g/mol. The SMILES string of the molecule is N#Cc1ccc(CC(N)C(=O)O)c(Cl)c1. The smallest absolute Gasteiger partial charge is 0.320 e. The zero-order valence-corrected chi connectivity index (χ0v) is 8.53. The van der Waals surface area contributed by atoms with E-state index in [1.165, 1.54) is 6.07 Å². The summed E-state index contributed by atoms with van der Waals surface area (Å²) in [6, 6.07) is 5.65. The van der Waals surface area contributed by atoms with Gasteiger partial charge in [-0.05, 0) is 24.1 Å². The fourth-order valence-electron chi connectivity index (χ4n) is 1.11. The van der Waals surface area contributed by atoms with Gasteiger partial charge in [-0.2, -0.15) is 5.26 Å². The van der Waals surface area contributed by atoms with Gasteiger partial charge in [0.05, 0.1) is 11.6 Å². The molecule has 1 rings (SSSR count). The predicted octanol–water partition coefficient (Wildman–Crippen LogP) is 1.17. The van der Waals surface area contributed by atoms with Crippen LogP contribution in [0.25, 0.3) is 0 Å². The van der Waals surface area contributed by atoms with Gasteiger partial charge in [-0.15, -0.1) is 0 Å². The molecule has 0 heterocycles. The van der Waals surface area contributed by atoms with Gasteiger partial charge >= 0.3 is 5.97 Å². The van der Waals surface area contributed by atoms with Gasteiger partial charge in [0.1, 0.15) is 6.04 Å².